The quantitative estimate of drug-likeness (QED) is 0.893. The molecular formula is C15H21ClFNO. The molecule has 19 heavy (non-hydrogen) atoms. The van der Waals surface area contributed by atoms with Crippen LogP contribution in [-0.2, 0) is 11.2 Å². The van der Waals surface area contributed by atoms with Crippen LogP contribution in [-0.4, -0.2) is 24.8 Å². The van der Waals surface area contributed by atoms with Crippen LogP contribution in [0.25, 0.3) is 0 Å². The van der Waals surface area contributed by atoms with E-state index < -0.39 is 0 Å². The number of hydrogen-bond acceptors (Lipinski definition) is 2. The molecule has 3 unspecified atom stereocenters. The first-order valence-electron chi connectivity index (χ1n) is 6.93. The molecule has 0 bridgehead atoms. The molecule has 1 aromatic rings. The van der Waals surface area contributed by atoms with Crippen molar-refractivity contribution in [1.82, 2.24) is 5.32 Å². The van der Waals surface area contributed by atoms with Crippen molar-refractivity contribution in [3.05, 3.63) is 34.6 Å². The van der Waals surface area contributed by atoms with Crippen molar-refractivity contribution in [2.45, 2.75) is 51.4 Å². The van der Waals surface area contributed by atoms with Crippen LogP contribution in [0.15, 0.2) is 18.2 Å². The van der Waals surface area contributed by atoms with Crippen molar-refractivity contribution < 1.29 is 9.13 Å². The normalized spacial score (nSPS) is 24.6. The molecule has 4 heteroatoms. The third-order valence-electron chi connectivity index (χ3n) is 3.63. The van der Waals surface area contributed by atoms with Gasteiger partial charge in [0, 0.05) is 11.1 Å². The van der Waals surface area contributed by atoms with Gasteiger partial charge in [0.15, 0.2) is 0 Å². The summed E-state index contributed by atoms with van der Waals surface area (Å²) in [5.74, 6) is -0.196. The molecule has 0 saturated carbocycles. The smallest absolute Gasteiger partial charge is 0.126 e. The van der Waals surface area contributed by atoms with Crippen molar-refractivity contribution in [2.75, 3.05) is 6.54 Å². The Morgan fingerprint density at radius 2 is 2.26 bits per heavy atom. The highest BCUT2D eigenvalue weighted by Crippen LogP contribution is 2.25. The van der Waals surface area contributed by atoms with Gasteiger partial charge in [0.05, 0.1) is 12.2 Å². The first-order valence-corrected chi connectivity index (χ1v) is 7.30. The average molecular weight is 286 g/mol. The van der Waals surface area contributed by atoms with Gasteiger partial charge >= 0.3 is 0 Å². The number of benzene rings is 1. The zero-order chi connectivity index (χ0) is 13.8. The highest BCUT2D eigenvalue weighted by molar-refractivity contribution is 6.30. The minimum absolute atomic E-state index is 0.142. The molecule has 0 aliphatic carbocycles. The van der Waals surface area contributed by atoms with Gasteiger partial charge in [-0.3, -0.25) is 0 Å². The lowest BCUT2D eigenvalue weighted by atomic mass is 9.99. The molecule has 1 aromatic carbocycles. The van der Waals surface area contributed by atoms with E-state index in [-0.39, 0.29) is 18.0 Å². The van der Waals surface area contributed by atoms with E-state index in [1.165, 1.54) is 6.07 Å². The van der Waals surface area contributed by atoms with Crippen molar-refractivity contribution >= 4 is 11.6 Å². The molecular weight excluding hydrogens is 265 g/mol. The maximum atomic E-state index is 13.8. The van der Waals surface area contributed by atoms with Crippen molar-refractivity contribution in [1.29, 1.82) is 0 Å². The fraction of sp³-hybridized carbons (Fsp3) is 0.600. The summed E-state index contributed by atoms with van der Waals surface area (Å²) in [5.41, 5.74) is 0.654. The van der Waals surface area contributed by atoms with E-state index in [1.807, 2.05) is 0 Å². The lowest BCUT2D eigenvalue weighted by Gasteiger charge is -2.24. The van der Waals surface area contributed by atoms with Crippen LogP contribution < -0.4 is 5.32 Å². The molecule has 2 nitrogen and oxygen atoms in total. The molecule has 0 aromatic heterocycles. The molecule has 1 saturated heterocycles. The maximum absolute atomic E-state index is 13.8. The van der Waals surface area contributed by atoms with Gasteiger partial charge in [0.25, 0.3) is 0 Å². The number of ether oxygens (including phenoxy) is 1. The summed E-state index contributed by atoms with van der Waals surface area (Å²) in [5, 5.41) is 3.98. The predicted octanol–water partition coefficient (Wildman–Crippen LogP) is 3.57. The second-order valence-electron chi connectivity index (χ2n) is 5.17. The Bertz CT molecular complexity index is 427. The van der Waals surface area contributed by atoms with E-state index in [2.05, 4.69) is 19.2 Å². The number of nitrogens with one attached hydrogen (secondary N) is 1. The maximum Gasteiger partial charge on any atom is 0.126 e. The SMILES string of the molecule is CCNC(Cc1cc(Cl)ccc1F)C1CCC(C)O1. The number of halogens is 2. The van der Waals surface area contributed by atoms with Gasteiger partial charge < -0.3 is 10.1 Å². The van der Waals surface area contributed by atoms with Crippen LogP contribution in [0.5, 0.6) is 0 Å². The van der Waals surface area contributed by atoms with Crippen molar-refractivity contribution in [3.8, 4) is 0 Å². The number of likely N-dealkylation sites (N-methyl/N-ethyl adjacent to an activating group) is 1. The Balaban J connectivity index is 2.09. The summed E-state index contributed by atoms with van der Waals surface area (Å²) in [7, 11) is 0. The second-order valence-corrected chi connectivity index (χ2v) is 5.60. The Morgan fingerprint density at radius 1 is 1.47 bits per heavy atom. The molecule has 0 radical (unpaired) electrons. The van der Waals surface area contributed by atoms with Crippen molar-refractivity contribution in [3.63, 3.8) is 0 Å². The molecule has 1 N–H and O–H groups in total. The summed E-state index contributed by atoms with van der Waals surface area (Å²) in [6.45, 7) is 4.99. The fourth-order valence-corrected chi connectivity index (χ4v) is 2.86. The Kier molecular flexibility index (Phi) is 5.20. The van der Waals surface area contributed by atoms with Crippen LogP contribution in [0.1, 0.15) is 32.3 Å². The minimum Gasteiger partial charge on any atom is -0.374 e. The summed E-state index contributed by atoms with van der Waals surface area (Å²) in [4.78, 5) is 0. The van der Waals surface area contributed by atoms with Crippen LogP contribution in [0.4, 0.5) is 4.39 Å². The van der Waals surface area contributed by atoms with Crippen LogP contribution in [0.3, 0.4) is 0 Å². The fourth-order valence-electron chi connectivity index (χ4n) is 2.66. The van der Waals surface area contributed by atoms with E-state index in [9.17, 15) is 4.39 Å². The first-order chi connectivity index (χ1) is 9.10. The molecule has 106 valence electrons. The predicted molar refractivity (Wildman–Crippen MR) is 76.1 cm³/mol. The Labute approximate surface area is 119 Å². The van der Waals surface area contributed by atoms with Gasteiger partial charge in [0.1, 0.15) is 5.82 Å². The highest BCUT2D eigenvalue weighted by Gasteiger charge is 2.29. The van der Waals surface area contributed by atoms with Gasteiger partial charge in [-0.05, 0) is 56.5 Å². The van der Waals surface area contributed by atoms with E-state index >= 15 is 0 Å². The largest absolute Gasteiger partial charge is 0.374 e. The minimum atomic E-state index is -0.196. The molecule has 3 atom stereocenters. The Hall–Kier alpha value is -0.640. The number of hydrogen-bond donors (Lipinski definition) is 1. The third kappa shape index (κ3) is 3.91. The van der Waals surface area contributed by atoms with E-state index in [4.69, 9.17) is 16.3 Å². The van der Waals surface area contributed by atoms with Crippen molar-refractivity contribution in [2.24, 2.45) is 0 Å². The lowest BCUT2D eigenvalue weighted by Crippen LogP contribution is -2.41. The summed E-state index contributed by atoms with van der Waals surface area (Å²) in [6.07, 6.45) is 3.17. The average Bonchev–Trinajstić information content (AvgIpc) is 2.80. The molecule has 1 aliphatic rings. The highest BCUT2D eigenvalue weighted by atomic mass is 35.5. The topological polar surface area (TPSA) is 21.3 Å². The van der Waals surface area contributed by atoms with E-state index in [1.54, 1.807) is 12.1 Å². The van der Waals surface area contributed by atoms with Gasteiger partial charge in [-0.15, -0.1) is 0 Å². The van der Waals surface area contributed by atoms with Crippen LogP contribution in [0, 0.1) is 5.82 Å². The molecule has 0 amide bonds. The first kappa shape index (κ1) is 14.8. The zero-order valence-corrected chi connectivity index (χ0v) is 12.2. The monoisotopic (exact) mass is 285 g/mol. The summed E-state index contributed by atoms with van der Waals surface area (Å²) in [6, 6.07) is 4.86. The second kappa shape index (κ2) is 6.69. The van der Waals surface area contributed by atoms with Gasteiger partial charge in [0.2, 0.25) is 0 Å². The molecule has 2 rings (SSSR count). The van der Waals surface area contributed by atoms with Gasteiger partial charge in [-0.1, -0.05) is 18.5 Å². The van der Waals surface area contributed by atoms with Crippen LogP contribution in [0.2, 0.25) is 5.02 Å². The van der Waals surface area contributed by atoms with E-state index in [0.29, 0.717) is 23.1 Å². The summed E-state index contributed by atoms with van der Waals surface area (Å²) >= 11 is 5.94. The van der Waals surface area contributed by atoms with Gasteiger partial charge in [-0.25, -0.2) is 4.39 Å². The van der Waals surface area contributed by atoms with E-state index in [0.717, 1.165) is 19.4 Å². The molecule has 1 fully saturated rings. The van der Waals surface area contributed by atoms with Crippen LogP contribution >= 0.6 is 11.6 Å². The van der Waals surface area contributed by atoms with Gasteiger partial charge in [-0.2, -0.15) is 0 Å². The Morgan fingerprint density at radius 3 is 2.89 bits per heavy atom. The molecule has 0 spiro atoms. The number of rotatable bonds is 5. The summed E-state index contributed by atoms with van der Waals surface area (Å²) < 4.78 is 19.7. The zero-order valence-electron chi connectivity index (χ0n) is 11.5. The molecule has 1 aliphatic heterocycles. The molecule has 1 heterocycles. The standard InChI is InChI=1S/C15H21ClFNO/c1-3-18-14(15-7-4-10(2)19-15)9-11-8-12(16)5-6-13(11)17/h5-6,8,10,14-15,18H,3-4,7,9H2,1-2H3. The lowest BCUT2D eigenvalue weighted by molar-refractivity contribution is 0.0322. The third-order valence-corrected chi connectivity index (χ3v) is 3.86.